The molecule has 0 fully saturated rings. The smallest absolute Gasteiger partial charge is 0.0547 e. The highest BCUT2D eigenvalue weighted by Crippen LogP contribution is 2.52. The number of nitrogens with zero attached hydrogens (tertiary/aromatic N) is 2. The molecule has 0 radical (unpaired) electrons. The maximum atomic E-state index is 2.46. The van der Waals surface area contributed by atoms with Gasteiger partial charge in [0, 0.05) is 38.8 Å². The molecule has 63 heavy (non-hydrogen) atoms. The third kappa shape index (κ3) is 5.94. The summed E-state index contributed by atoms with van der Waals surface area (Å²) >= 11 is 0. The summed E-state index contributed by atoms with van der Waals surface area (Å²) in [6.45, 7) is 4.74. The minimum Gasteiger partial charge on any atom is -0.310 e. The van der Waals surface area contributed by atoms with E-state index in [1.165, 1.54) is 88.2 Å². The molecule has 2 nitrogen and oxygen atoms in total. The van der Waals surface area contributed by atoms with Gasteiger partial charge in [-0.25, -0.2) is 0 Å². The molecular formula is C61H44N2. The first-order valence-electron chi connectivity index (χ1n) is 21.9. The molecule has 12 rings (SSSR count). The second-order valence-corrected chi connectivity index (χ2v) is 17.3. The van der Waals surface area contributed by atoms with Crippen molar-refractivity contribution in [3.8, 4) is 50.2 Å². The lowest BCUT2D eigenvalue weighted by Gasteiger charge is -2.28. The number of aromatic nitrogens is 1. The van der Waals surface area contributed by atoms with E-state index in [0.717, 1.165) is 22.7 Å². The standard InChI is InChI=1S/C61H44N2/c1-61(2)55-39-44(41-17-5-3-6-18-41)33-37-51(55)52-38-36-47(40-56(52)61)62(45-21-7-4-8-22-45)46-34-31-43(32-35-46)49-24-11-13-28-57(49)63-58-29-14-12-25-54(58)60-53(27-16-30-59(60)63)50-26-15-20-42-19-9-10-23-48(42)50/h3-40H,1-2H3. The van der Waals surface area contributed by atoms with Crippen LogP contribution in [0, 0.1) is 0 Å². The zero-order valence-electron chi connectivity index (χ0n) is 35.3. The van der Waals surface area contributed by atoms with Crippen LogP contribution in [0.25, 0.3) is 82.8 Å². The van der Waals surface area contributed by atoms with Crippen molar-refractivity contribution in [2.24, 2.45) is 0 Å². The monoisotopic (exact) mass is 804 g/mol. The highest BCUT2D eigenvalue weighted by atomic mass is 15.1. The van der Waals surface area contributed by atoms with E-state index >= 15 is 0 Å². The third-order valence-electron chi connectivity index (χ3n) is 13.4. The van der Waals surface area contributed by atoms with Gasteiger partial charge in [0.05, 0.1) is 16.7 Å². The molecule has 1 aliphatic carbocycles. The van der Waals surface area contributed by atoms with Crippen molar-refractivity contribution in [1.82, 2.24) is 4.57 Å². The van der Waals surface area contributed by atoms with Crippen molar-refractivity contribution in [3.05, 3.63) is 242 Å². The second kappa shape index (κ2) is 14.6. The van der Waals surface area contributed by atoms with Crippen LogP contribution in [-0.4, -0.2) is 4.57 Å². The predicted molar refractivity (Wildman–Crippen MR) is 267 cm³/mol. The Morgan fingerprint density at radius 1 is 0.349 bits per heavy atom. The lowest BCUT2D eigenvalue weighted by atomic mass is 9.81. The molecular weight excluding hydrogens is 761 g/mol. The Morgan fingerprint density at radius 2 is 0.905 bits per heavy atom. The molecule has 0 atom stereocenters. The van der Waals surface area contributed by atoms with Crippen molar-refractivity contribution in [1.29, 1.82) is 0 Å². The molecule has 0 amide bonds. The van der Waals surface area contributed by atoms with Crippen molar-refractivity contribution in [2.75, 3.05) is 4.90 Å². The fourth-order valence-corrected chi connectivity index (χ4v) is 10.4. The maximum Gasteiger partial charge on any atom is 0.0547 e. The van der Waals surface area contributed by atoms with Gasteiger partial charge < -0.3 is 9.47 Å². The first-order chi connectivity index (χ1) is 31.0. The normalized spacial score (nSPS) is 12.7. The fraction of sp³-hybridized carbons (Fsp3) is 0.0492. The molecule has 298 valence electrons. The second-order valence-electron chi connectivity index (χ2n) is 17.3. The van der Waals surface area contributed by atoms with Gasteiger partial charge in [-0.15, -0.1) is 0 Å². The number of fused-ring (bicyclic) bond motifs is 7. The number of para-hydroxylation sites is 3. The van der Waals surface area contributed by atoms with Crippen molar-refractivity contribution >= 4 is 49.6 Å². The summed E-state index contributed by atoms with van der Waals surface area (Å²) in [5, 5.41) is 5.03. The Labute approximate surface area is 368 Å². The van der Waals surface area contributed by atoms with Gasteiger partial charge in [0.1, 0.15) is 0 Å². The van der Waals surface area contributed by atoms with E-state index in [2.05, 4.69) is 254 Å². The molecule has 0 saturated carbocycles. The molecule has 0 saturated heterocycles. The quantitative estimate of drug-likeness (QED) is 0.156. The average Bonchev–Trinajstić information content (AvgIpc) is 3.80. The Hall–Kier alpha value is -7.94. The summed E-state index contributed by atoms with van der Waals surface area (Å²) in [4.78, 5) is 2.40. The highest BCUT2D eigenvalue weighted by Gasteiger charge is 2.36. The Kier molecular flexibility index (Phi) is 8.55. The molecule has 0 N–H and O–H groups in total. The average molecular weight is 805 g/mol. The van der Waals surface area contributed by atoms with Crippen LogP contribution in [0.2, 0.25) is 0 Å². The Balaban J connectivity index is 0.956. The molecule has 1 aliphatic rings. The van der Waals surface area contributed by atoms with Gasteiger partial charge in [0.15, 0.2) is 0 Å². The topological polar surface area (TPSA) is 8.17 Å². The Morgan fingerprint density at radius 3 is 1.73 bits per heavy atom. The molecule has 1 heterocycles. The number of anilines is 3. The van der Waals surface area contributed by atoms with Crippen LogP contribution >= 0.6 is 0 Å². The van der Waals surface area contributed by atoms with Crippen LogP contribution in [0.3, 0.4) is 0 Å². The largest absolute Gasteiger partial charge is 0.310 e. The molecule has 1 aromatic heterocycles. The zero-order chi connectivity index (χ0) is 42.1. The van der Waals surface area contributed by atoms with E-state index in [1.807, 2.05) is 0 Å². The van der Waals surface area contributed by atoms with Crippen LogP contribution in [0.15, 0.2) is 231 Å². The Bertz CT molecular complexity index is 3520. The summed E-state index contributed by atoms with van der Waals surface area (Å²) in [5.74, 6) is 0. The summed E-state index contributed by atoms with van der Waals surface area (Å²) < 4.78 is 2.46. The van der Waals surface area contributed by atoms with Gasteiger partial charge in [0.25, 0.3) is 0 Å². The molecule has 11 aromatic rings. The lowest BCUT2D eigenvalue weighted by Crippen LogP contribution is -2.16. The van der Waals surface area contributed by atoms with E-state index in [-0.39, 0.29) is 5.41 Å². The number of hydrogen-bond acceptors (Lipinski definition) is 1. The lowest BCUT2D eigenvalue weighted by molar-refractivity contribution is 0.660. The number of hydrogen-bond donors (Lipinski definition) is 0. The highest BCUT2D eigenvalue weighted by molar-refractivity contribution is 6.18. The molecule has 2 heteroatoms. The molecule has 0 aliphatic heterocycles. The van der Waals surface area contributed by atoms with Crippen LogP contribution < -0.4 is 4.90 Å². The van der Waals surface area contributed by atoms with Crippen molar-refractivity contribution in [3.63, 3.8) is 0 Å². The van der Waals surface area contributed by atoms with Gasteiger partial charge in [-0.1, -0.05) is 184 Å². The first kappa shape index (κ1) is 36.9. The predicted octanol–water partition coefficient (Wildman–Crippen LogP) is 16.7. The SMILES string of the molecule is CC1(C)c2cc(-c3ccccc3)ccc2-c2ccc(N(c3ccccc3)c3ccc(-c4ccccc4-n4c5ccccc5c5c(-c6cccc7ccccc67)cccc54)cc3)cc21. The minimum atomic E-state index is -0.163. The zero-order valence-corrected chi connectivity index (χ0v) is 35.3. The summed E-state index contributed by atoms with van der Waals surface area (Å²) in [7, 11) is 0. The van der Waals surface area contributed by atoms with E-state index < -0.39 is 0 Å². The van der Waals surface area contributed by atoms with Crippen LogP contribution in [0.1, 0.15) is 25.0 Å². The number of benzene rings is 10. The van der Waals surface area contributed by atoms with Crippen molar-refractivity contribution < 1.29 is 0 Å². The van der Waals surface area contributed by atoms with Crippen LogP contribution in [-0.2, 0) is 5.41 Å². The molecule has 0 unspecified atom stereocenters. The van der Waals surface area contributed by atoms with Gasteiger partial charge in [-0.05, 0) is 122 Å². The minimum absolute atomic E-state index is 0.163. The summed E-state index contributed by atoms with van der Waals surface area (Å²) in [6, 6.07) is 84.5. The van der Waals surface area contributed by atoms with Crippen molar-refractivity contribution in [2.45, 2.75) is 19.3 Å². The van der Waals surface area contributed by atoms with E-state index in [1.54, 1.807) is 0 Å². The number of rotatable bonds is 7. The summed E-state index contributed by atoms with van der Waals surface area (Å²) in [5.41, 5.74) is 19.5. The molecule has 10 aromatic carbocycles. The summed E-state index contributed by atoms with van der Waals surface area (Å²) in [6.07, 6.45) is 0. The van der Waals surface area contributed by atoms with E-state index in [0.29, 0.717) is 0 Å². The third-order valence-corrected chi connectivity index (χ3v) is 13.4. The van der Waals surface area contributed by atoms with E-state index in [4.69, 9.17) is 0 Å². The van der Waals surface area contributed by atoms with Gasteiger partial charge in [-0.3, -0.25) is 0 Å². The molecule has 0 spiro atoms. The first-order valence-corrected chi connectivity index (χ1v) is 21.9. The maximum absolute atomic E-state index is 2.46. The van der Waals surface area contributed by atoms with Crippen LogP contribution in [0.5, 0.6) is 0 Å². The molecule has 0 bridgehead atoms. The fourth-order valence-electron chi connectivity index (χ4n) is 10.4. The van der Waals surface area contributed by atoms with Gasteiger partial charge >= 0.3 is 0 Å². The van der Waals surface area contributed by atoms with Gasteiger partial charge in [0.2, 0.25) is 0 Å². The van der Waals surface area contributed by atoms with E-state index in [9.17, 15) is 0 Å². The van der Waals surface area contributed by atoms with Gasteiger partial charge in [-0.2, -0.15) is 0 Å². The van der Waals surface area contributed by atoms with Crippen LogP contribution in [0.4, 0.5) is 17.1 Å².